The highest BCUT2D eigenvalue weighted by Gasteiger charge is 2.29. The van der Waals surface area contributed by atoms with Gasteiger partial charge in [-0.05, 0) is 120 Å². The fourth-order valence-electron chi connectivity index (χ4n) is 9.54. The van der Waals surface area contributed by atoms with Gasteiger partial charge in [0.25, 0.3) is 22.9 Å². The highest BCUT2D eigenvalue weighted by atomic mass is 127. The van der Waals surface area contributed by atoms with Crippen LogP contribution in [0, 0.1) is 15.2 Å². The highest BCUT2D eigenvalue weighted by molar-refractivity contribution is 14.1. The molecular weight excluding hydrogens is 1280 g/mol. The maximum absolute atomic E-state index is 13.7. The molecule has 0 unspecified atom stereocenters. The number of benzene rings is 6. The normalized spacial score (nSPS) is 11.5. The molecule has 0 aliphatic carbocycles. The Kier molecular flexibility index (Phi) is 16.6. The molecule has 25 heteroatoms. The lowest BCUT2D eigenvalue weighted by Gasteiger charge is -2.21. The first-order valence-electron chi connectivity index (χ1n) is 26.1. The Morgan fingerprint density at radius 2 is 1.00 bits per heavy atom. The molecule has 6 heterocycles. The zero-order chi connectivity index (χ0) is 62.4. The Labute approximate surface area is 508 Å². The number of aromatic nitrogens is 4. The van der Waals surface area contributed by atoms with E-state index < -0.39 is 43.5 Å². The Morgan fingerprint density at radius 3 is 1.45 bits per heavy atom. The van der Waals surface area contributed by atoms with Gasteiger partial charge in [0.1, 0.15) is 50.9 Å². The van der Waals surface area contributed by atoms with Gasteiger partial charge >= 0.3 is 0 Å². The number of fused-ring (bicyclic) bond motifs is 4. The van der Waals surface area contributed by atoms with Crippen molar-refractivity contribution in [3.8, 4) is 56.4 Å². The van der Waals surface area contributed by atoms with Crippen LogP contribution in [-0.4, -0.2) is 88.5 Å². The van der Waals surface area contributed by atoms with Crippen LogP contribution in [0.15, 0.2) is 180 Å². The van der Waals surface area contributed by atoms with Gasteiger partial charge in [-0.15, -0.1) is 0 Å². The molecule has 2 amide bonds. The Morgan fingerprint density at radius 1 is 0.552 bits per heavy atom. The number of nitrogens with zero attached hydrogens (tertiary/aromatic N) is 6. The third-order valence-corrected chi connectivity index (χ3v) is 17.3. The van der Waals surface area contributed by atoms with E-state index in [9.17, 15) is 44.8 Å². The summed E-state index contributed by atoms with van der Waals surface area (Å²) < 4.78 is 106. The summed E-state index contributed by atoms with van der Waals surface area (Å²) in [5.41, 5.74) is 6.74. The summed E-state index contributed by atoms with van der Waals surface area (Å²) >= 11 is 1.92. The van der Waals surface area contributed by atoms with Crippen molar-refractivity contribution >= 4 is 110 Å². The minimum atomic E-state index is -3.76. The number of oxazole rings is 2. The van der Waals surface area contributed by atoms with Crippen LogP contribution in [0.2, 0.25) is 0 Å². The van der Waals surface area contributed by atoms with Crippen molar-refractivity contribution in [3.63, 3.8) is 0 Å². The third-order valence-electron chi connectivity index (χ3n) is 14.1. The van der Waals surface area contributed by atoms with E-state index in [1.54, 1.807) is 81.1 Å². The number of nitrogens with one attached hydrogen (secondary N) is 2. The molecule has 444 valence electrons. The number of para-hydroxylation sites is 4. The van der Waals surface area contributed by atoms with Gasteiger partial charge in [-0.2, -0.15) is 0 Å². The second-order valence-corrected chi connectivity index (χ2v) is 25.0. The standard InChI is InChI=1S/C31H25FN4O6S.C24H21FIN3O5S.C7H5NO/c1-33-29(37)27-21-14-20(18-13-22(31(38)35(2)16-18)30-34-23-7-5-6-8-25(23)42-30)24(36(3)43(4,39)40)15-26(21)41-28(27)17-9-11-19(32)12-10-17;1-27-23(30)21-17-10-16(14-9-18(26)24(31)28(2)12-14)19(29(3)35(4,32)33)11-20(17)34-22(21)13-5-7-15(25)8-6-13;1-2-4-7-6(3-1)8-5-9-7/h5-16H,1-4H3,(H,33,37);5-12H,1-4H3,(H,27,30);1-5H. The van der Waals surface area contributed by atoms with Crippen LogP contribution < -0.4 is 30.4 Å². The third kappa shape index (κ3) is 12.1. The van der Waals surface area contributed by atoms with Crippen LogP contribution in [-0.2, 0) is 34.1 Å². The summed E-state index contributed by atoms with van der Waals surface area (Å²) in [6.07, 6.45) is 6.76. The van der Waals surface area contributed by atoms with Gasteiger partial charge < -0.3 is 37.4 Å². The molecule has 0 bridgehead atoms. The molecule has 0 aliphatic heterocycles. The van der Waals surface area contributed by atoms with Crippen molar-refractivity contribution in [1.82, 2.24) is 29.7 Å². The molecule has 0 aliphatic rings. The lowest BCUT2D eigenvalue weighted by molar-refractivity contribution is 0.0956. The van der Waals surface area contributed by atoms with Gasteiger partial charge in [0, 0.05) is 111 Å². The molecule has 0 radical (unpaired) electrons. The van der Waals surface area contributed by atoms with Gasteiger partial charge in [-0.3, -0.25) is 27.8 Å². The number of pyridine rings is 2. The zero-order valence-corrected chi connectivity index (χ0v) is 51.3. The molecule has 0 fully saturated rings. The number of hydrogen-bond acceptors (Lipinski definition) is 14. The molecule has 12 aromatic rings. The lowest BCUT2D eigenvalue weighted by Crippen LogP contribution is -2.25. The molecule has 0 atom stereocenters. The second kappa shape index (κ2) is 24.0. The van der Waals surface area contributed by atoms with Crippen LogP contribution in [0.4, 0.5) is 20.2 Å². The minimum Gasteiger partial charge on any atom is -0.455 e. The van der Waals surface area contributed by atoms with Crippen LogP contribution in [0.5, 0.6) is 0 Å². The Hall–Kier alpha value is -9.73. The molecule has 12 rings (SSSR count). The smallest absolute Gasteiger partial charge is 0.263 e. The van der Waals surface area contributed by atoms with Crippen LogP contribution in [0.1, 0.15) is 20.7 Å². The first-order chi connectivity index (χ1) is 41.3. The van der Waals surface area contributed by atoms with E-state index in [0.717, 1.165) is 32.2 Å². The summed E-state index contributed by atoms with van der Waals surface area (Å²) in [6, 6.07) is 35.4. The van der Waals surface area contributed by atoms with Gasteiger partial charge in [0.2, 0.25) is 25.9 Å². The monoisotopic (exact) mass is 1330 g/mol. The van der Waals surface area contributed by atoms with Crippen molar-refractivity contribution in [3.05, 3.63) is 199 Å². The Bertz CT molecular complexity index is 4970. The van der Waals surface area contributed by atoms with Gasteiger partial charge in [-0.1, -0.05) is 24.3 Å². The summed E-state index contributed by atoms with van der Waals surface area (Å²) in [5, 5.41) is 6.04. The van der Waals surface area contributed by atoms with Crippen molar-refractivity contribution in [2.75, 3.05) is 49.3 Å². The summed E-state index contributed by atoms with van der Waals surface area (Å²) in [6.45, 7) is 0. The number of halogens is 3. The van der Waals surface area contributed by atoms with E-state index in [1.165, 1.54) is 98.3 Å². The first-order valence-corrected chi connectivity index (χ1v) is 30.9. The van der Waals surface area contributed by atoms with Crippen LogP contribution in [0.3, 0.4) is 0 Å². The highest BCUT2D eigenvalue weighted by Crippen LogP contribution is 2.44. The van der Waals surface area contributed by atoms with Crippen molar-refractivity contribution in [1.29, 1.82) is 0 Å². The maximum atomic E-state index is 13.7. The molecule has 0 spiro atoms. The number of rotatable bonds is 11. The number of sulfonamides is 2. The number of anilines is 2. The van der Waals surface area contributed by atoms with Crippen molar-refractivity contribution in [2.45, 2.75) is 0 Å². The van der Waals surface area contributed by atoms with Gasteiger partial charge in [0.05, 0.1) is 38.6 Å². The number of aryl methyl sites for hydroxylation is 2. The fraction of sp³-hybridized carbons (Fsp3) is 0.129. The SMILES string of the molecule is CNC(=O)c1c(-c2ccc(F)cc2)oc2cc(N(C)S(C)(=O)=O)c(-c3cc(-c4nc5ccccc5o4)c(=O)n(C)c3)cc12.CNC(=O)c1c(-c2ccc(F)cc2)oc2cc(N(C)S(C)(=O)=O)c(-c3cc(I)c(=O)n(C)c3)cc12.c1ccc2ocnc2c1. The molecule has 2 N–H and O–H groups in total. The molecule has 0 saturated carbocycles. The van der Waals surface area contributed by atoms with E-state index >= 15 is 0 Å². The molecular formula is C62H51F2IN8O12S2. The minimum absolute atomic E-state index is 0.107. The first kappa shape index (κ1) is 60.4. The topological polar surface area (TPSA) is 255 Å². The fourth-order valence-corrected chi connectivity index (χ4v) is 11.3. The number of furan rings is 2. The molecule has 6 aromatic heterocycles. The van der Waals surface area contributed by atoms with E-state index in [2.05, 4.69) is 20.6 Å². The maximum Gasteiger partial charge on any atom is 0.263 e. The predicted octanol–water partition coefficient (Wildman–Crippen LogP) is 11.0. The largest absolute Gasteiger partial charge is 0.455 e. The Balaban J connectivity index is 0.000000170. The molecule has 87 heavy (non-hydrogen) atoms. The quantitative estimate of drug-likeness (QED) is 0.114. The van der Waals surface area contributed by atoms with E-state index in [1.807, 2.05) is 46.9 Å². The van der Waals surface area contributed by atoms with E-state index in [4.69, 9.17) is 17.7 Å². The van der Waals surface area contributed by atoms with Crippen molar-refractivity contribution < 1.29 is 52.9 Å². The zero-order valence-electron chi connectivity index (χ0n) is 47.5. The number of hydrogen-bond donors (Lipinski definition) is 2. The van der Waals surface area contributed by atoms with E-state index in [-0.39, 0.29) is 62.1 Å². The van der Waals surface area contributed by atoms with Gasteiger partial charge in [0.15, 0.2) is 17.6 Å². The summed E-state index contributed by atoms with van der Waals surface area (Å²) in [5.74, 6) is -1.25. The summed E-state index contributed by atoms with van der Waals surface area (Å²) in [7, 11) is 1.51. The van der Waals surface area contributed by atoms with E-state index in [0.29, 0.717) is 64.5 Å². The number of amides is 2. The van der Waals surface area contributed by atoms with Crippen molar-refractivity contribution in [2.24, 2.45) is 14.1 Å². The lowest BCUT2D eigenvalue weighted by atomic mass is 9.98. The summed E-state index contributed by atoms with van der Waals surface area (Å²) in [4.78, 5) is 60.1. The molecule has 6 aromatic carbocycles. The predicted molar refractivity (Wildman–Crippen MR) is 338 cm³/mol. The van der Waals surface area contributed by atoms with Gasteiger partial charge in [-0.25, -0.2) is 35.6 Å². The number of carbonyl (C=O) groups excluding carboxylic acids is 2. The average Bonchev–Trinajstić information content (AvgIpc) is 1.82. The molecule has 20 nitrogen and oxygen atoms in total. The molecule has 0 saturated heterocycles. The second-order valence-electron chi connectivity index (χ2n) is 19.8. The number of carbonyl (C=O) groups is 2. The average molecular weight is 1330 g/mol. The van der Waals surface area contributed by atoms with Crippen LogP contribution in [0.25, 0.3) is 100 Å². The van der Waals surface area contributed by atoms with Crippen LogP contribution >= 0.6 is 22.6 Å².